The Morgan fingerprint density at radius 1 is 1.25 bits per heavy atom. The van der Waals surface area contributed by atoms with Crippen LogP contribution in [0.25, 0.3) is 0 Å². The van der Waals surface area contributed by atoms with Gasteiger partial charge < -0.3 is 0 Å². The SMILES string of the molecule is FC(F)(F)CCc1ccccn1. The molecule has 0 aliphatic heterocycles. The Bertz CT molecular complexity index is 230. The lowest BCUT2D eigenvalue weighted by molar-refractivity contribution is -0.134. The highest BCUT2D eigenvalue weighted by atomic mass is 19.4. The van der Waals surface area contributed by atoms with Gasteiger partial charge in [0.15, 0.2) is 0 Å². The van der Waals surface area contributed by atoms with Gasteiger partial charge >= 0.3 is 6.18 Å². The molecule has 0 unspecified atom stereocenters. The van der Waals surface area contributed by atoms with E-state index in [4.69, 9.17) is 0 Å². The van der Waals surface area contributed by atoms with Gasteiger partial charge in [-0.15, -0.1) is 0 Å². The molecule has 12 heavy (non-hydrogen) atoms. The number of pyridine rings is 1. The van der Waals surface area contributed by atoms with Crippen molar-refractivity contribution in [1.29, 1.82) is 0 Å². The van der Waals surface area contributed by atoms with Gasteiger partial charge in [0.2, 0.25) is 0 Å². The molecule has 1 nitrogen and oxygen atoms in total. The third-order valence-corrected chi connectivity index (χ3v) is 1.39. The lowest BCUT2D eigenvalue weighted by Crippen LogP contribution is -2.08. The molecular formula is C8H8F3N. The quantitative estimate of drug-likeness (QED) is 0.673. The fourth-order valence-electron chi connectivity index (χ4n) is 0.816. The molecule has 0 bridgehead atoms. The molecule has 0 aliphatic rings. The second-order valence-corrected chi connectivity index (χ2v) is 2.44. The number of aromatic nitrogens is 1. The van der Waals surface area contributed by atoms with Gasteiger partial charge in [0.05, 0.1) is 0 Å². The van der Waals surface area contributed by atoms with Gasteiger partial charge in [-0.2, -0.15) is 13.2 Å². The van der Waals surface area contributed by atoms with Crippen molar-refractivity contribution in [2.24, 2.45) is 0 Å². The summed E-state index contributed by atoms with van der Waals surface area (Å²) in [6.07, 6.45) is -3.43. The van der Waals surface area contributed by atoms with Crippen LogP contribution in [0.1, 0.15) is 12.1 Å². The number of hydrogen-bond acceptors (Lipinski definition) is 1. The van der Waals surface area contributed by atoms with Crippen LogP contribution in [0.4, 0.5) is 13.2 Å². The summed E-state index contributed by atoms with van der Waals surface area (Å²) in [7, 11) is 0. The highest BCUT2D eigenvalue weighted by Gasteiger charge is 2.26. The maximum Gasteiger partial charge on any atom is 0.389 e. The van der Waals surface area contributed by atoms with Gasteiger partial charge in [0, 0.05) is 18.3 Å². The third kappa shape index (κ3) is 3.37. The van der Waals surface area contributed by atoms with Crippen molar-refractivity contribution in [3.8, 4) is 0 Å². The molecule has 0 N–H and O–H groups in total. The maximum atomic E-state index is 11.7. The highest BCUT2D eigenvalue weighted by molar-refractivity contribution is 5.03. The number of nitrogens with zero attached hydrogens (tertiary/aromatic N) is 1. The average Bonchev–Trinajstić information content (AvgIpc) is 2.02. The smallest absolute Gasteiger partial charge is 0.261 e. The fraction of sp³-hybridized carbons (Fsp3) is 0.375. The molecular weight excluding hydrogens is 167 g/mol. The molecule has 0 fully saturated rings. The summed E-state index contributed by atoms with van der Waals surface area (Å²) >= 11 is 0. The molecule has 4 heteroatoms. The molecule has 0 saturated heterocycles. The summed E-state index contributed by atoms with van der Waals surface area (Å²) in [6, 6.07) is 4.95. The van der Waals surface area contributed by atoms with Crippen molar-refractivity contribution in [3.63, 3.8) is 0 Å². The zero-order valence-corrected chi connectivity index (χ0v) is 6.30. The average molecular weight is 175 g/mol. The number of halogens is 3. The third-order valence-electron chi connectivity index (χ3n) is 1.39. The summed E-state index contributed by atoms with van der Waals surface area (Å²) in [5, 5.41) is 0. The zero-order valence-electron chi connectivity index (χ0n) is 6.30. The van der Waals surface area contributed by atoms with E-state index in [0.717, 1.165) is 0 Å². The van der Waals surface area contributed by atoms with Gasteiger partial charge in [-0.25, -0.2) is 0 Å². The molecule has 66 valence electrons. The van der Waals surface area contributed by atoms with Crippen LogP contribution in [-0.4, -0.2) is 11.2 Å². The molecule has 0 radical (unpaired) electrons. The molecule has 1 rings (SSSR count). The Balaban J connectivity index is 2.44. The molecule has 1 aromatic rings. The van der Waals surface area contributed by atoms with Gasteiger partial charge in [-0.3, -0.25) is 4.98 Å². The normalized spacial score (nSPS) is 11.6. The first-order valence-electron chi connectivity index (χ1n) is 3.54. The minimum Gasteiger partial charge on any atom is -0.261 e. The van der Waals surface area contributed by atoms with Crippen LogP contribution in [-0.2, 0) is 6.42 Å². The predicted octanol–water partition coefficient (Wildman–Crippen LogP) is 2.58. The molecule has 1 heterocycles. The second kappa shape index (κ2) is 3.56. The second-order valence-electron chi connectivity index (χ2n) is 2.44. The first kappa shape index (κ1) is 9.03. The van der Waals surface area contributed by atoms with E-state index in [2.05, 4.69) is 4.98 Å². The monoisotopic (exact) mass is 175 g/mol. The van der Waals surface area contributed by atoms with E-state index < -0.39 is 12.6 Å². The Labute approximate surface area is 68.2 Å². The summed E-state index contributed by atoms with van der Waals surface area (Å²) in [6.45, 7) is 0. The maximum absolute atomic E-state index is 11.7. The molecule has 0 aliphatic carbocycles. The van der Waals surface area contributed by atoms with Crippen molar-refractivity contribution < 1.29 is 13.2 Å². The topological polar surface area (TPSA) is 12.9 Å². The van der Waals surface area contributed by atoms with Crippen molar-refractivity contribution in [1.82, 2.24) is 4.98 Å². The number of hydrogen-bond donors (Lipinski definition) is 0. The molecule has 0 aromatic carbocycles. The predicted molar refractivity (Wildman–Crippen MR) is 38.6 cm³/mol. The molecule has 1 aromatic heterocycles. The van der Waals surface area contributed by atoms with Gasteiger partial charge in [-0.05, 0) is 18.6 Å². The summed E-state index contributed by atoms with van der Waals surface area (Å²) in [5.41, 5.74) is 0.481. The molecule has 0 spiro atoms. The Kier molecular flexibility index (Phi) is 2.68. The minimum atomic E-state index is -4.09. The molecule has 0 amide bonds. The summed E-state index contributed by atoms with van der Waals surface area (Å²) in [4.78, 5) is 3.78. The van der Waals surface area contributed by atoms with Crippen LogP contribution < -0.4 is 0 Å². The largest absolute Gasteiger partial charge is 0.389 e. The van der Waals surface area contributed by atoms with Gasteiger partial charge in [0.25, 0.3) is 0 Å². The Morgan fingerprint density at radius 3 is 2.50 bits per heavy atom. The fourth-order valence-corrected chi connectivity index (χ4v) is 0.816. The lowest BCUT2D eigenvalue weighted by Gasteiger charge is -2.04. The van der Waals surface area contributed by atoms with Crippen LogP contribution in [0.3, 0.4) is 0 Å². The van der Waals surface area contributed by atoms with E-state index in [1.54, 1.807) is 18.2 Å². The van der Waals surface area contributed by atoms with Crippen LogP contribution in [0.5, 0.6) is 0 Å². The summed E-state index contributed by atoms with van der Waals surface area (Å²) in [5.74, 6) is 0. The summed E-state index contributed by atoms with van der Waals surface area (Å²) < 4.78 is 35.1. The number of alkyl halides is 3. The van der Waals surface area contributed by atoms with E-state index in [1.807, 2.05) is 0 Å². The van der Waals surface area contributed by atoms with E-state index >= 15 is 0 Å². The van der Waals surface area contributed by atoms with E-state index in [-0.39, 0.29) is 6.42 Å². The van der Waals surface area contributed by atoms with Crippen LogP contribution in [0.2, 0.25) is 0 Å². The van der Waals surface area contributed by atoms with Crippen molar-refractivity contribution in [3.05, 3.63) is 30.1 Å². The molecule has 0 atom stereocenters. The zero-order chi connectivity index (χ0) is 9.03. The lowest BCUT2D eigenvalue weighted by atomic mass is 10.2. The van der Waals surface area contributed by atoms with Gasteiger partial charge in [0.1, 0.15) is 0 Å². The Hall–Kier alpha value is -1.06. The van der Waals surface area contributed by atoms with Crippen LogP contribution >= 0.6 is 0 Å². The van der Waals surface area contributed by atoms with Crippen LogP contribution in [0.15, 0.2) is 24.4 Å². The standard InChI is InChI=1S/C8H8F3N/c9-8(10,11)5-4-7-3-1-2-6-12-7/h1-3,6H,4-5H2. The van der Waals surface area contributed by atoms with Crippen molar-refractivity contribution in [2.75, 3.05) is 0 Å². The van der Waals surface area contributed by atoms with E-state index in [9.17, 15) is 13.2 Å². The van der Waals surface area contributed by atoms with E-state index in [0.29, 0.717) is 5.69 Å². The first-order valence-corrected chi connectivity index (χ1v) is 3.54. The minimum absolute atomic E-state index is 0.0374. The highest BCUT2D eigenvalue weighted by Crippen LogP contribution is 2.21. The van der Waals surface area contributed by atoms with Gasteiger partial charge in [-0.1, -0.05) is 6.07 Å². The first-order chi connectivity index (χ1) is 5.58. The van der Waals surface area contributed by atoms with E-state index in [1.165, 1.54) is 6.20 Å². The van der Waals surface area contributed by atoms with Crippen molar-refractivity contribution in [2.45, 2.75) is 19.0 Å². The van der Waals surface area contributed by atoms with Crippen LogP contribution in [0, 0.1) is 0 Å². The Morgan fingerprint density at radius 2 is 2.00 bits per heavy atom. The molecule has 0 saturated carbocycles. The number of rotatable bonds is 2. The number of aryl methyl sites for hydroxylation is 1. The van der Waals surface area contributed by atoms with Crippen molar-refractivity contribution >= 4 is 0 Å².